The third-order valence-corrected chi connectivity index (χ3v) is 2.74. The maximum Gasteiger partial charge on any atom is 0.324 e. The number of urea groups is 1. The summed E-state index contributed by atoms with van der Waals surface area (Å²) in [4.78, 5) is 24.3. The molecule has 86 valence electrons. The first kappa shape index (κ1) is 12.0. The zero-order valence-corrected chi connectivity index (χ0v) is 9.25. The highest BCUT2D eigenvalue weighted by Gasteiger charge is 2.44. The number of hydrogen-bond acceptors (Lipinski definition) is 3. The lowest BCUT2D eigenvalue weighted by atomic mass is 10.0. The molecule has 0 aromatic carbocycles. The first-order valence-electron chi connectivity index (χ1n) is 5.24. The zero-order chi connectivity index (χ0) is 11.5. The Labute approximate surface area is 89.4 Å². The van der Waals surface area contributed by atoms with Gasteiger partial charge in [0.05, 0.1) is 0 Å². The van der Waals surface area contributed by atoms with Gasteiger partial charge in [0.15, 0.2) is 0 Å². The third-order valence-electron chi connectivity index (χ3n) is 2.74. The van der Waals surface area contributed by atoms with Crippen molar-refractivity contribution in [2.45, 2.75) is 38.6 Å². The van der Waals surface area contributed by atoms with Crippen LogP contribution in [0.4, 0.5) is 4.79 Å². The first-order valence-corrected chi connectivity index (χ1v) is 5.24. The molecular weight excluding hydrogens is 196 g/mol. The maximum atomic E-state index is 11.4. The van der Waals surface area contributed by atoms with Gasteiger partial charge in [0.1, 0.15) is 5.54 Å². The van der Waals surface area contributed by atoms with Crippen LogP contribution in [0.15, 0.2) is 0 Å². The van der Waals surface area contributed by atoms with Crippen molar-refractivity contribution in [3.8, 4) is 0 Å². The van der Waals surface area contributed by atoms with E-state index in [-0.39, 0.29) is 18.5 Å². The molecule has 3 amide bonds. The fraction of sp³-hybridized carbons (Fsp3) is 0.800. The van der Waals surface area contributed by atoms with E-state index in [9.17, 15) is 9.59 Å². The number of nitrogens with zero attached hydrogens (tertiary/aromatic N) is 1. The summed E-state index contributed by atoms with van der Waals surface area (Å²) >= 11 is 0. The van der Waals surface area contributed by atoms with Gasteiger partial charge in [0, 0.05) is 13.2 Å². The summed E-state index contributed by atoms with van der Waals surface area (Å²) in [5.41, 5.74) is -0.740. The van der Waals surface area contributed by atoms with E-state index in [1.807, 2.05) is 0 Å². The summed E-state index contributed by atoms with van der Waals surface area (Å²) < 4.78 is 0. The minimum Gasteiger partial charge on any atom is -0.396 e. The van der Waals surface area contributed by atoms with Gasteiger partial charge in [-0.3, -0.25) is 10.1 Å². The highest BCUT2D eigenvalue weighted by molar-refractivity contribution is 6.06. The third kappa shape index (κ3) is 2.47. The molecule has 0 saturated carbocycles. The number of hydrogen-bond donors (Lipinski definition) is 2. The van der Waals surface area contributed by atoms with Crippen LogP contribution in [0.2, 0.25) is 0 Å². The van der Waals surface area contributed by atoms with Gasteiger partial charge >= 0.3 is 6.03 Å². The lowest BCUT2D eigenvalue weighted by molar-refractivity contribution is -0.125. The lowest BCUT2D eigenvalue weighted by Gasteiger charge is -2.27. The molecular formula is C10H18N2O3. The number of aliphatic hydroxyl groups is 1. The fourth-order valence-electron chi connectivity index (χ4n) is 1.63. The van der Waals surface area contributed by atoms with E-state index in [0.717, 1.165) is 19.3 Å². The van der Waals surface area contributed by atoms with Crippen molar-refractivity contribution < 1.29 is 14.7 Å². The van der Waals surface area contributed by atoms with Gasteiger partial charge in [-0.1, -0.05) is 0 Å². The number of carbonyl (C=O) groups is 2. The topological polar surface area (TPSA) is 69.6 Å². The molecule has 5 heteroatoms. The average Bonchev–Trinajstić information content (AvgIpc) is 2.34. The van der Waals surface area contributed by atoms with Crippen molar-refractivity contribution in [1.29, 1.82) is 0 Å². The minimum atomic E-state index is -0.740. The molecule has 1 heterocycles. The number of carbonyl (C=O) groups excluding carboxylic acids is 2. The minimum absolute atomic E-state index is 0.175. The highest BCUT2D eigenvalue weighted by Crippen LogP contribution is 2.21. The van der Waals surface area contributed by atoms with Gasteiger partial charge in [-0.05, 0) is 33.1 Å². The number of aliphatic hydroxyl groups excluding tert-OH is 1. The second-order valence-electron chi connectivity index (χ2n) is 4.25. The monoisotopic (exact) mass is 214 g/mol. The molecule has 1 aliphatic rings. The number of imide groups is 1. The Morgan fingerprint density at radius 3 is 2.40 bits per heavy atom. The smallest absolute Gasteiger partial charge is 0.324 e. The molecule has 0 aliphatic carbocycles. The van der Waals surface area contributed by atoms with E-state index < -0.39 is 5.54 Å². The van der Waals surface area contributed by atoms with E-state index in [1.54, 1.807) is 18.7 Å². The average molecular weight is 214 g/mol. The molecule has 0 atom stereocenters. The molecule has 0 radical (unpaired) electrons. The molecule has 1 rings (SSSR count). The summed E-state index contributed by atoms with van der Waals surface area (Å²) in [5, 5.41) is 10.9. The van der Waals surface area contributed by atoms with Gasteiger partial charge in [0.2, 0.25) is 0 Å². The Kier molecular flexibility index (Phi) is 3.68. The van der Waals surface area contributed by atoms with Crippen molar-refractivity contribution in [2.75, 3.05) is 13.2 Å². The van der Waals surface area contributed by atoms with E-state index in [4.69, 9.17) is 5.11 Å². The normalized spacial score (nSPS) is 19.5. The SMILES string of the molecule is CC1(C)C(=O)NC(=O)N1CCCCCO. The van der Waals surface area contributed by atoms with Gasteiger partial charge in [-0.15, -0.1) is 0 Å². The summed E-state index contributed by atoms with van der Waals surface area (Å²) in [6, 6.07) is -0.311. The molecule has 5 nitrogen and oxygen atoms in total. The van der Waals surface area contributed by atoms with Crippen LogP contribution in [0.5, 0.6) is 0 Å². The standard InChI is InChI=1S/C10H18N2O3/c1-10(2)8(14)11-9(15)12(10)6-4-3-5-7-13/h13H,3-7H2,1-2H3,(H,11,14,15). The van der Waals surface area contributed by atoms with Crippen LogP contribution in [0.1, 0.15) is 33.1 Å². The van der Waals surface area contributed by atoms with E-state index in [2.05, 4.69) is 5.32 Å². The molecule has 0 bridgehead atoms. The van der Waals surface area contributed by atoms with Gasteiger partial charge in [0.25, 0.3) is 5.91 Å². The van der Waals surface area contributed by atoms with Gasteiger partial charge in [-0.2, -0.15) is 0 Å². The maximum absolute atomic E-state index is 11.4. The summed E-state index contributed by atoms with van der Waals surface area (Å²) in [7, 11) is 0. The first-order chi connectivity index (χ1) is 7.00. The second kappa shape index (κ2) is 4.61. The molecule has 0 unspecified atom stereocenters. The van der Waals surface area contributed by atoms with Crippen LogP contribution in [-0.4, -0.2) is 40.6 Å². The lowest BCUT2D eigenvalue weighted by Crippen LogP contribution is -2.44. The van der Waals surface area contributed by atoms with Crippen LogP contribution in [0.3, 0.4) is 0 Å². The summed E-state index contributed by atoms with van der Waals surface area (Å²) in [6.45, 7) is 4.21. The number of amides is 3. The van der Waals surface area contributed by atoms with Crippen LogP contribution in [-0.2, 0) is 4.79 Å². The predicted molar refractivity (Wildman–Crippen MR) is 55.3 cm³/mol. The Balaban J connectivity index is 2.46. The second-order valence-corrected chi connectivity index (χ2v) is 4.25. The van der Waals surface area contributed by atoms with E-state index in [0.29, 0.717) is 6.54 Å². The number of unbranched alkanes of at least 4 members (excludes halogenated alkanes) is 2. The van der Waals surface area contributed by atoms with Crippen molar-refractivity contribution in [3.05, 3.63) is 0 Å². The van der Waals surface area contributed by atoms with Crippen molar-refractivity contribution in [3.63, 3.8) is 0 Å². The predicted octanol–water partition coefficient (Wildman–Crippen LogP) is 0.479. The van der Waals surface area contributed by atoms with Gasteiger partial charge in [-0.25, -0.2) is 4.79 Å². The van der Waals surface area contributed by atoms with Crippen LogP contribution in [0.25, 0.3) is 0 Å². The molecule has 0 spiro atoms. The van der Waals surface area contributed by atoms with E-state index in [1.165, 1.54) is 0 Å². The van der Waals surface area contributed by atoms with Crippen molar-refractivity contribution in [1.82, 2.24) is 10.2 Å². The summed E-state index contributed by atoms with van der Waals surface area (Å²) in [6.07, 6.45) is 2.42. The molecule has 15 heavy (non-hydrogen) atoms. The Hall–Kier alpha value is -1.10. The Bertz CT molecular complexity index is 263. The molecule has 2 N–H and O–H groups in total. The van der Waals surface area contributed by atoms with Crippen LogP contribution < -0.4 is 5.32 Å². The molecule has 0 aromatic heterocycles. The zero-order valence-electron chi connectivity index (χ0n) is 9.25. The van der Waals surface area contributed by atoms with Crippen molar-refractivity contribution in [2.24, 2.45) is 0 Å². The van der Waals surface area contributed by atoms with E-state index >= 15 is 0 Å². The van der Waals surface area contributed by atoms with Crippen LogP contribution >= 0.6 is 0 Å². The highest BCUT2D eigenvalue weighted by atomic mass is 16.3. The van der Waals surface area contributed by atoms with Gasteiger partial charge < -0.3 is 10.0 Å². The molecule has 1 fully saturated rings. The number of nitrogens with one attached hydrogen (secondary N) is 1. The molecule has 1 aliphatic heterocycles. The summed E-state index contributed by atoms with van der Waals surface area (Å²) in [5.74, 6) is -0.241. The fourth-order valence-corrected chi connectivity index (χ4v) is 1.63. The van der Waals surface area contributed by atoms with Crippen molar-refractivity contribution >= 4 is 11.9 Å². The molecule has 1 saturated heterocycles. The Morgan fingerprint density at radius 1 is 1.27 bits per heavy atom. The van der Waals surface area contributed by atoms with Crippen LogP contribution in [0, 0.1) is 0 Å². The number of rotatable bonds is 5. The molecule has 0 aromatic rings. The quantitative estimate of drug-likeness (QED) is 0.516. The largest absolute Gasteiger partial charge is 0.396 e. The Morgan fingerprint density at radius 2 is 1.93 bits per heavy atom.